The quantitative estimate of drug-likeness (QED) is 0.475. The Morgan fingerprint density at radius 3 is 2.43 bits per heavy atom. The van der Waals surface area contributed by atoms with Gasteiger partial charge in [0, 0.05) is 29.5 Å². The Kier molecular flexibility index (Phi) is 4.01. The topological polar surface area (TPSA) is 34.5 Å². The van der Waals surface area contributed by atoms with E-state index in [1.807, 2.05) is 24.3 Å². The zero-order valence-electron chi connectivity index (χ0n) is 16.8. The fourth-order valence-corrected chi connectivity index (χ4v) is 4.79. The monoisotopic (exact) mass is 410 g/mol. The molecule has 0 N–H and O–H groups in total. The van der Waals surface area contributed by atoms with Crippen LogP contribution in [0.4, 0.5) is 13.2 Å². The maximum Gasteiger partial charge on any atom is 0.416 e. The Morgan fingerprint density at radius 1 is 0.967 bits per heavy atom. The molecule has 6 heteroatoms. The molecule has 3 nitrogen and oxygen atoms in total. The fraction of sp³-hybridized carbons (Fsp3) is 0.333. The van der Waals surface area contributed by atoms with Crippen molar-refractivity contribution in [3.8, 4) is 0 Å². The van der Waals surface area contributed by atoms with E-state index in [1.54, 1.807) is 0 Å². The molecule has 1 aromatic heterocycles. The fourth-order valence-electron chi connectivity index (χ4n) is 4.79. The lowest BCUT2D eigenvalue weighted by Gasteiger charge is -2.41. The van der Waals surface area contributed by atoms with Crippen molar-refractivity contribution < 1.29 is 18.0 Å². The minimum atomic E-state index is -4.35. The molecule has 2 aliphatic rings. The summed E-state index contributed by atoms with van der Waals surface area (Å²) in [5, 5.41) is 5.37. The third-order valence-electron chi connectivity index (χ3n) is 6.03. The van der Waals surface area contributed by atoms with E-state index in [9.17, 15) is 13.2 Å². The van der Waals surface area contributed by atoms with Gasteiger partial charge in [0.2, 0.25) is 0 Å². The summed E-state index contributed by atoms with van der Waals surface area (Å²) >= 11 is 0. The number of alkyl halides is 3. The van der Waals surface area contributed by atoms with Crippen LogP contribution in [0.5, 0.6) is 0 Å². The van der Waals surface area contributed by atoms with Crippen LogP contribution in [0.25, 0.3) is 10.9 Å². The van der Waals surface area contributed by atoms with E-state index in [0.717, 1.165) is 47.1 Å². The molecule has 0 bridgehead atoms. The van der Waals surface area contributed by atoms with Gasteiger partial charge in [0.25, 0.3) is 0 Å². The van der Waals surface area contributed by atoms with Crippen molar-refractivity contribution in [3.05, 3.63) is 77.0 Å². The number of hydrogen-bond donors (Lipinski definition) is 0. The lowest BCUT2D eigenvalue weighted by molar-refractivity contribution is -0.137. The van der Waals surface area contributed by atoms with Gasteiger partial charge < -0.3 is 4.84 Å². The molecule has 5 rings (SSSR count). The van der Waals surface area contributed by atoms with Crippen LogP contribution < -0.4 is 0 Å². The molecule has 1 spiro atoms. The Bertz CT molecular complexity index is 1170. The molecule has 0 saturated carbocycles. The third-order valence-corrected chi connectivity index (χ3v) is 6.03. The molecule has 0 amide bonds. The molecular formula is C24H21F3N2O. The van der Waals surface area contributed by atoms with E-state index in [1.165, 1.54) is 12.1 Å². The SMILES string of the molecule is CC1(C)Cc2nc3ccccc3cc2[C@@]2(CC(c3ccc(C(F)(F)F)cc3)=NO2)C1. The van der Waals surface area contributed by atoms with Crippen molar-refractivity contribution >= 4 is 16.6 Å². The van der Waals surface area contributed by atoms with Gasteiger partial charge in [-0.15, -0.1) is 0 Å². The van der Waals surface area contributed by atoms with Crippen LogP contribution in [0.15, 0.2) is 59.8 Å². The number of nitrogens with zero attached hydrogens (tertiary/aromatic N) is 2. The lowest BCUT2D eigenvalue weighted by Crippen LogP contribution is -2.40. The van der Waals surface area contributed by atoms with Crippen LogP contribution in [0, 0.1) is 5.41 Å². The highest BCUT2D eigenvalue weighted by atomic mass is 19.4. The summed E-state index contributed by atoms with van der Waals surface area (Å²) in [4.78, 5) is 11.0. The van der Waals surface area contributed by atoms with Crippen LogP contribution in [0.2, 0.25) is 0 Å². The Labute approximate surface area is 172 Å². The first-order chi connectivity index (χ1) is 14.2. The molecule has 0 unspecified atom stereocenters. The number of oxime groups is 1. The molecule has 1 atom stereocenters. The molecule has 154 valence electrons. The molecule has 2 heterocycles. The van der Waals surface area contributed by atoms with Gasteiger partial charge in [-0.1, -0.05) is 49.3 Å². The zero-order valence-corrected chi connectivity index (χ0v) is 16.8. The highest BCUT2D eigenvalue weighted by molar-refractivity contribution is 6.02. The second-order valence-electron chi connectivity index (χ2n) is 9.07. The van der Waals surface area contributed by atoms with Crippen molar-refractivity contribution in [2.45, 2.75) is 44.9 Å². The lowest BCUT2D eigenvalue weighted by atomic mass is 9.66. The van der Waals surface area contributed by atoms with Crippen molar-refractivity contribution in [1.29, 1.82) is 0 Å². The molecule has 0 radical (unpaired) electrons. The van der Waals surface area contributed by atoms with E-state index < -0.39 is 17.3 Å². The predicted molar refractivity (Wildman–Crippen MR) is 109 cm³/mol. The Morgan fingerprint density at radius 2 is 1.70 bits per heavy atom. The summed E-state index contributed by atoms with van der Waals surface area (Å²) in [6, 6.07) is 15.3. The first kappa shape index (κ1) is 19.1. The molecule has 1 aliphatic carbocycles. The number of para-hydroxylation sites is 1. The number of pyridine rings is 1. The molecule has 0 saturated heterocycles. The number of rotatable bonds is 1. The average molecular weight is 410 g/mol. The summed E-state index contributed by atoms with van der Waals surface area (Å²) in [5.74, 6) is 0. The largest absolute Gasteiger partial charge is 0.416 e. The predicted octanol–water partition coefficient (Wildman–Crippen LogP) is 6.25. The van der Waals surface area contributed by atoms with Gasteiger partial charge >= 0.3 is 6.18 Å². The van der Waals surface area contributed by atoms with E-state index in [2.05, 4.69) is 25.1 Å². The molecule has 3 aromatic rings. The van der Waals surface area contributed by atoms with Crippen LogP contribution in [0.1, 0.15) is 49.1 Å². The minimum absolute atomic E-state index is 0.0342. The van der Waals surface area contributed by atoms with Crippen LogP contribution >= 0.6 is 0 Å². The Balaban J connectivity index is 1.54. The summed E-state index contributed by atoms with van der Waals surface area (Å²) in [7, 11) is 0. The minimum Gasteiger partial charge on any atom is -0.384 e. The number of halogens is 3. The molecule has 30 heavy (non-hydrogen) atoms. The second kappa shape index (κ2) is 6.30. The molecular weight excluding hydrogens is 389 g/mol. The van der Waals surface area contributed by atoms with E-state index in [4.69, 9.17) is 9.82 Å². The summed E-state index contributed by atoms with van der Waals surface area (Å²) in [6.07, 6.45) is -2.24. The normalized spacial score (nSPS) is 22.6. The number of hydrogen-bond acceptors (Lipinski definition) is 3. The van der Waals surface area contributed by atoms with E-state index in [0.29, 0.717) is 17.7 Å². The second-order valence-corrected chi connectivity index (χ2v) is 9.07. The smallest absolute Gasteiger partial charge is 0.384 e. The third kappa shape index (κ3) is 3.15. The van der Waals surface area contributed by atoms with Gasteiger partial charge in [-0.3, -0.25) is 4.98 Å². The first-order valence-electron chi connectivity index (χ1n) is 9.97. The maximum atomic E-state index is 12.9. The van der Waals surface area contributed by atoms with Gasteiger partial charge in [-0.25, -0.2) is 0 Å². The standard InChI is InChI=1S/C24H21F3N2O/c1-22(2)12-21-18(11-16-5-3-4-6-19(16)28-21)23(14-22)13-20(29-30-23)15-7-9-17(10-8-15)24(25,26)27/h3-11H,12-14H2,1-2H3/t23-/m1/s1. The van der Waals surface area contributed by atoms with Gasteiger partial charge in [0.1, 0.15) is 0 Å². The van der Waals surface area contributed by atoms with E-state index >= 15 is 0 Å². The summed E-state index contributed by atoms with van der Waals surface area (Å²) in [5.41, 5.74) is 2.96. The van der Waals surface area contributed by atoms with Crippen LogP contribution in [-0.4, -0.2) is 10.7 Å². The van der Waals surface area contributed by atoms with Crippen molar-refractivity contribution in [2.75, 3.05) is 0 Å². The molecule has 2 aromatic carbocycles. The average Bonchev–Trinajstić information content (AvgIpc) is 3.09. The van der Waals surface area contributed by atoms with Crippen molar-refractivity contribution in [2.24, 2.45) is 10.6 Å². The van der Waals surface area contributed by atoms with Gasteiger partial charge in [0.05, 0.1) is 16.8 Å². The highest BCUT2D eigenvalue weighted by Crippen LogP contribution is 2.51. The van der Waals surface area contributed by atoms with Gasteiger partial charge in [-0.05, 0) is 41.7 Å². The highest BCUT2D eigenvalue weighted by Gasteiger charge is 2.50. The summed E-state index contributed by atoms with van der Waals surface area (Å²) in [6.45, 7) is 4.38. The number of benzene rings is 2. The summed E-state index contributed by atoms with van der Waals surface area (Å²) < 4.78 is 38.7. The van der Waals surface area contributed by atoms with Crippen LogP contribution in [-0.2, 0) is 23.0 Å². The number of aromatic nitrogens is 1. The number of fused-ring (bicyclic) bond motifs is 3. The van der Waals surface area contributed by atoms with Crippen molar-refractivity contribution in [3.63, 3.8) is 0 Å². The Hall–Kier alpha value is -2.89. The van der Waals surface area contributed by atoms with Crippen molar-refractivity contribution in [1.82, 2.24) is 4.98 Å². The van der Waals surface area contributed by atoms with Gasteiger partial charge in [0.15, 0.2) is 5.60 Å². The maximum absolute atomic E-state index is 12.9. The van der Waals surface area contributed by atoms with Gasteiger partial charge in [-0.2, -0.15) is 13.2 Å². The zero-order chi connectivity index (χ0) is 21.1. The molecule has 1 aliphatic heterocycles. The molecule has 0 fully saturated rings. The van der Waals surface area contributed by atoms with E-state index in [-0.39, 0.29) is 5.41 Å². The first-order valence-corrected chi connectivity index (χ1v) is 9.97. The van der Waals surface area contributed by atoms with Crippen LogP contribution in [0.3, 0.4) is 0 Å².